The van der Waals surface area contributed by atoms with Gasteiger partial charge < -0.3 is 15.2 Å². The first-order valence-electron chi connectivity index (χ1n) is 6.02. The molecule has 2 unspecified atom stereocenters. The molecule has 2 heterocycles. The Morgan fingerprint density at radius 2 is 2.44 bits per heavy atom. The highest BCUT2D eigenvalue weighted by molar-refractivity contribution is 5.07. The predicted octanol–water partition coefficient (Wildman–Crippen LogP) is 0.239. The summed E-state index contributed by atoms with van der Waals surface area (Å²) in [6, 6.07) is 0.226. The summed E-state index contributed by atoms with van der Waals surface area (Å²) in [6.45, 7) is 5.55. The van der Waals surface area contributed by atoms with Crippen LogP contribution in [0.15, 0.2) is 11.6 Å². The summed E-state index contributed by atoms with van der Waals surface area (Å²) in [6.07, 6.45) is 3.41. The highest BCUT2D eigenvalue weighted by atomic mass is 16.5. The van der Waals surface area contributed by atoms with E-state index in [1.807, 2.05) is 0 Å². The van der Waals surface area contributed by atoms with E-state index in [2.05, 4.69) is 11.0 Å². The third kappa shape index (κ3) is 3.04. The molecule has 1 saturated heterocycles. The molecule has 0 aromatic rings. The van der Waals surface area contributed by atoms with Crippen molar-refractivity contribution >= 4 is 0 Å². The number of hydrogen-bond acceptors (Lipinski definition) is 4. The summed E-state index contributed by atoms with van der Waals surface area (Å²) in [5, 5.41) is 0. The molecule has 4 nitrogen and oxygen atoms in total. The van der Waals surface area contributed by atoms with Crippen LogP contribution in [0.2, 0.25) is 0 Å². The summed E-state index contributed by atoms with van der Waals surface area (Å²) < 4.78 is 10.5. The van der Waals surface area contributed by atoms with Gasteiger partial charge in [0.05, 0.1) is 19.8 Å². The minimum atomic E-state index is 0.226. The first kappa shape index (κ1) is 12.0. The van der Waals surface area contributed by atoms with Crippen LogP contribution in [0.25, 0.3) is 0 Å². The zero-order valence-electron chi connectivity index (χ0n) is 10.0. The maximum absolute atomic E-state index is 5.98. The van der Waals surface area contributed by atoms with Crippen molar-refractivity contribution in [2.75, 3.05) is 46.6 Å². The van der Waals surface area contributed by atoms with E-state index in [9.17, 15) is 0 Å². The van der Waals surface area contributed by atoms with Gasteiger partial charge in [-0.05, 0) is 12.0 Å². The fourth-order valence-corrected chi connectivity index (χ4v) is 2.37. The smallest absolute Gasteiger partial charge is 0.0673 e. The number of nitrogens with zero attached hydrogens (tertiary/aromatic N) is 1. The van der Waals surface area contributed by atoms with Gasteiger partial charge in [0.2, 0.25) is 0 Å². The van der Waals surface area contributed by atoms with Gasteiger partial charge in [-0.2, -0.15) is 0 Å². The first-order valence-corrected chi connectivity index (χ1v) is 6.02. The monoisotopic (exact) mass is 226 g/mol. The van der Waals surface area contributed by atoms with E-state index >= 15 is 0 Å². The van der Waals surface area contributed by atoms with Crippen molar-refractivity contribution in [2.45, 2.75) is 12.5 Å². The molecule has 0 bridgehead atoms. The van der Waals surface area contributed by atoms with Gasteiger partial charge in [0, 0.05) is 38.7 Å². The van der Waals surface area contributed by atoms with Crippen LogP contribution >= 0.6 is 0 Å². The Balaban J connectivity index is 1.76. The van der Waals surface area contributed by atoms with Crippen LogP contribution in [0.5, 0.6) is 0 Å². The molecule has 2 N–H and O–H groups in total. The lowest BCUT2D eigenvalue weighted by atomic mass is 10.0. The molecule has 1 fully saturated rings. The van der Waals surface area contributed by atoms with Crippen molar-refractivity contribution in [1.29, 1.82) is 0 Å². The van der Waals surface area contributed by atoms with E-state index in [1.165, 1.54) is 5.57 Å². The van der Waals surface area contributed by atoms with Crippen LogP contribution in [-0.2, 0) is 9.47 Å². The molecule has 0 saturated carbocycles. The summed E-state index contributed by atoms with van der Waals surface area (Å²) in [4.78, 5) is 2.46. The maximum atomic E-state index is 5.98. The summed E-state index contributed by atoms with van der Waals surface area (Å²) in [7, 11) is 1.75. The molecule has 2 aliphatic heterocycles. The molecule has 2 rings (SSSR count). The van der Waals surface area contributed by atoms with Crippen molar-refractivity contribution < 1.29 is 9.47 Å². The van der Waals surface area contributed by atoms with Crippen LogP contribution in [0.3, 0.4) is 0 Å². The number of hydrogen-bond donors (Lipinski definition) is 1. The minimum Gasteiger partial charge on any atom is -0.380 e. The maximum Gasteiger partial charge on any atom is 0.0673 e. The van der Waals surface area contributed by atoms with E-state index in [0.717, 1.165) is 45.9 Å². The third-order valence-corrected chi connectivity index (χ3v) is 3.46. The Morgan fingerprint density at radius 3 is 3.00 bits per heavy atom. The lowest BCUT2D eigenvalue weighted by Gasteiger charge is -2.29. The van der Waals surface area contributed by atoms with E-state index in [4.69, 9.17) is 15.2 Å². The molecular weight excluding hydrogens is 204 g/mol. The number of rotatable bonds is 4. The zero-order valence-corrected chi connectivity index (χ0v) is 10.0. The normalized spacial score (nSPS) is 31.8. The highest BCUT2D eigenvalue weighted by Crippen LogP contribution is 2.17. The van der Waals surface area contributed by atoms with E-state index in [-0.39, 0.29) is 6.04 Å². The Morgan fingerprint density at radius 1 is 1.56 bits per heavy atom. The Bertz CT molecular complexity index is 255. The average Bonchev–Trinajstić information content (AvgIpc) is 2.68. The summed E-state index contributed by atoms with van der Waals surface area (Å²) in [5.74, 6) is 0.511. The molecule has 0 aromatic heterocycles. The fourth-order valence-electron chi connectivity index (χ4n) is 2.37. The first-order chi connectivity index (χ1) is 7.79. The van der Waals surface area contributed by atoms with Gasteiger partial charge >= 0.3 is 0 Å². The molecule has 0 radical (unpaired) electrons. The second kappa shape index (κ2) is 5.77. The molecular formula is C12H22N2O2. The summed E-state index contributed by atoms with van der Waals surface area (Å²) in [5.41, 5.74) is 7.41. The Kier molecular flexibility index (Phi) is 4.35. The van der Waals surface area contributed by atoms with Crippen LogP contribution in [0.4, 0.5) is 0 Å². The topological polar surface area (TPSA) is 47.7 Å². The quantitative estimate of drug-likeness (QED) is 0.698. The fraction of sp³-hybridized carbons (Fsp3) is 0.833. The standard InChI is InChI=1S/C12H22N2O2/c1-15-7-10-2-4-14(5-3-10)6-11-8-16-9-12(11)13/h2,11-12H,3-9,13H2,1H3. The lowest BCUT2D eigenvalue weighted by Crippen LogP contribution is -2.40. The molecule has 92 valence electrons. The van der Waals surface area contributed by atoms with Gasteiger partial charge in [-0.1, -0.05) is 6.08 Å². The van der Waals surface area contributed by atoms with Crippen molar-refractivity contribution in [2.24, 2.45) is 11.7 Å². The molecule has 0 aromatic carbocycles. The van der Waals surface area contributed by atoms with Gasteiger partial charge in [-0.15, -0.1) is 0 Å². The second-order valence-corrected chi connectivity index (χ2v) is 4.77. The van der Waals surface area contributed by atoms with E-state index < -0.39 is 0 Å². The van der Waals surface area contributed by atoms with Gasteiger partial charge in [0.25, 0.3) is 0 Å². The van der Waals surface area contributed by atoms with Crippen LogP contribution in [0.1, 0.15) is 6.42 Å². The molecule has 2 aliphatic rings. The molecule has 0 aliphatic carbocycles. The molecule has 2 atom stereocenters. The van der Waals surface area contributed by atoms with Crippen molar-refractivity contribution in [3.8, 4) is 0 Å². The molecule has 4 heteroatoms. The number of nitrogens with two attached hydrogens (primary N) is 1. The number of ether oxygens (including phenoxy) is 2. The second-order valence-electron chi connectivity index (χ2n) is 4.77. The molecule has 0 spiro atoms. The van der Waals surface area contributed by atoms with Crippen molar-refractivity contribution in [1.82, 2.24) is 4.90 Å². The molecule has 16 heavy (non-hydrogen) atoms. The predicted molar refractivity (Wildman–Crippen MR) is 63.3 cm³/mol. The lowest BCUT2D eigenvalue weighted by molar-refractivity contribution is 0.167. The summed E-state index contributed by atoms with van der Waals surface area (Å²) >= 11 is 0. The van der Waals surface area contributed by atoms with E-state index in [1.54, 1.807) is 7.11 Å². The van der Waals surface area contributed by atoms with E-state index in [0.29, 0.717) is 5.92 Å². The van der Waals surface area contributed by atoms with Crippen LogP contribution < -0.4 is 5.73 Å². The Labute approximate surface area is 97.4 Å². The van der Waals surface area contributed by atoms with Gasteiger partial charge in [0.15, 0.2) is 0 Å². The van der Waals surface area contributed by atoms with Gasteiger partial charge in [-0.25, -0.2) is 0 Å². The molecule has 0 amide bonds. The third-order valence-electron chi connectivity index (χ3n) is 3.46. The SMILES string of the molecule is COCC1=CCN(CC2COCC2N)CC1. The highest BCUT2D eigenvalue weighted by Gasteiger charge is 2.27. The van der Waals surface area contributed by atoms with Crippen molar-refractivity contribution in [3.05, 3.63) is 11.6 Å². The minimum absolute atomic E-state index is 0.226. The average molecular weight is 226 g/mol. The van der Waals surface area contributed by atoms with Crippen molar-refractivity contribution in [3.63, 3.8) is 0 Å². The number of methoxy groups -OCH3 is 1. The van der Waals surface area contributed by atoms with Gasteiger partial charge in [0.1, 0.15) is 0 Å². The largest absolute Gasteiger partial charge is 0.380 e. The zero-order chi connectivity index (χ0) is 11.4. The van der Waals surface area contributed by atoms with Crippen LogP contribution in [-0.4, -0.2) is 57.5 Å². The Hall–Kier alpha value is -0.420. The van der Waals surface area contributed by atoms with Crippen LogP contribution in [0, 0.1) is 5.92 Å². The van der Waals surface area contributed by atoms with Gasteiger partial charge in [-0.3, -0.25) is 4.90 Å².